The summed E-state index contributed by atoms with van der Waals surface area (Å²) in [6.07, 6.45) is 0.925. The van der Waals surface area contributed by atoms with E-state index in [0.717, 1.165) is 30.5 Å². The van der Waals surface area contributed by atoms with E-state index < -0.39 is 45.4 Å². The van der Waals surface area contributed by atoms with E-state index in [1.165, 1.54) is 0 Å². The third kappa shape index (κ3) is 2.76. The van der Waals surface area contributed by atoms with Crippen molar-refractivity contribution < 1.29 is 28.3 Å². The maximum Gasteiger partial charge on any atom is 0.338 e. The minimum Gasteiger partial charge on any atom is -0.478 e. The molecule has 0 aliphatic rings. The quantitative estimate of drug-likeness (QED) is 0.687. The number of nitrogens with zero attached hydrogens (tertiary/aromatic N) is 2. The van der Waals surface area contributed by atoms with Crippen LogP contribution in [0.15, 0.2) is 30.5 Å². The van der Waals surface area contributed by atoms with Gasteiger partial charge in [0.1, 0.15) is 5.56 Å². The molecule has 0 atom stereocenters. The van der Waals surface area contributed by atoms with Crippen molar-refractivity contribution in [3.63, 3.8) is 0 Å². The van der Waals surface area contributed by atoms with Crippen molar-refractivity contribution in [3.05, 3.63) is 57.8 Å². The monoisotopic (exact) mass is 296 g/mol. The highest BCUT2D eigenvalue weighted by molar-refractivity contribution is 5.88. The predicted molar refractivity (Wildman–Crippen MR) is 64.3 cm³/mol. The molecule has 1 aromatic carbocycles. The average Bonchev–Trinajstić information content (AvgIpc) is 2.42. The number of aromatic carboxylic acids is 1. The van der Waals surface area contributed by atoms with Crippen molar-refractivity contribution >= 4 is 11.7 Å². The molecule has 0 saturated carbocycles. The van der Waals surface area contributed by atoms with Gasteiger partial charge in [-0.1, -0.05) is 6.07 Å². The van der Waals surface area contributed by atoms with Crippen molar-refractivity contribution in [1.82, 2.24) is 4.98 Å². The third-order valence-electron chi connectivity index (χ3n) is 2.43. The highest BCUT2D eigenvalue weighted by atomic mass is 19.1. The normalized spacial score (nSPS) is 10.2. The number of carboxylic acid groups (broad SMARTS) is 1. The van der Waals surface area contributed by atoms with Gasteiger partial charge in [0.05, 0.1) is 4.92 Å². The summed E-state index contributed by atoms with van der Waals surface area (Å²) in [7, 11) is 0. The second-order valence-electron chi connectivity index (χ2n) is 3.73. The summed E-state index contributed by atoms with van der Waals surface area (Å²) in [6.45, 7) is 0. The zero-order chi connectivity index (χ0) is 15.6. The number of hydrogen-bond acceptors (Lipinski definition) is 5. The van der Waals surface area contributed by atoms with Crippen LogP contribution in [0.5, 0.6) is 11.6 Å². The molecule has 1 aromatic heterocycles. The van der Waals surface area contributed by atoms with Gasteiger partial charge in [-0.25, -0.2) is 18.6 Å². The van der Waals surface area contributed by atoms with Gasteiger partial charge in [-0.05, 0) is 12.1 Å². The zero-order valence-corrected chi connectivity index (χ0v) is 10.1. The van der Waals surface area contributed by atoms with Gasteiger partial charge in [-0.15, -0.1) is 0 Å². The van der Waals surface area contributed by atoms with Gasteiger partial charge in [0.25, 0.3) is 5.88 Å². The van der Waals surface area contributed by atoms with Crippen molar-refractivity contribution in [1.29, 1.82) is 0 Å². The smallest absolute Gasteiger partial charge is 0.338 e. The molecular weight excluding hydrogens is 290 g/mol. The van der Waals surface area contributed by atoms with Crippen LogP contribution in [0, 0.1) is 21.7 Å². The predicted octanol–water partition coefficient (Wildman–Crippen LogP) is 2.76. The summed E-state index contributed by atoms with van der Waals surface area (Å²) in [5, 5.41) is 19.5. The van der Waals surface area contributed by atoms with Crippen LogP contribution >= 0.6 is 0 Å². The van der Waals surface area contributed by atoms with Gasteiger partial charge in [0.15, 0.2) is 11.6 Å². The first kappa shape index (κ1) is 14.3. The number of rotatable bonds is 4. The maximum atomic E-state index is 13.8. The number of aromatic nitrogens is 1. The number of benzene rings is 1. The van der Waals surface area contributed by atoms with E-state index in [1.54, 1.807) is 0 Å². The SMILES string of the molecule is O=C(O)c1ccnc(Oc2c(F)cccc2[N+](=O)[O-])c1F. The molecule has 7 nitrogen and oxygen atoms in total. The zero-order valence-electron chi connectivity index (χ0n) is 10.1. The van der Waals surface area contributed by atoms with Gasteiger partial charge < -0.3 is 9.84 Å². The summed E-state index contributed by atoms with van der Waals surface area (Å²) in [4.78, 5) is 24.0. The largest absolute Gasteiger partial charge is 0.478 e. The van der Waals surface area contributed by atoms with E-state index in [9.17, 15) is 23.7 Å². The van der Waals surface area contributed by atoms with Crippen LogP contribution < -0.4 is 4.74 Å². The average molecular weight is 296 g/mol. The van der Waals surface area contributed by atoms with Gasteiger partial charge in [0, 0.05) is 12.3 Å². The standard InChI is InChI=1S/C12H6F2N2O5/c13-7-2-1-3-8(16(19)20)10(7)21-11-9(14)6(12(17)18)4-5-15-11/h1-5H,(H,17,18). The Labute approximate surface area is 115 Å². The number of ether oxygens (including phenoxy) is 1. The van der Waals surface area contributed by atoms with Crippen LogP contribution in [0.25, 0.3) is 0 Å². The number of hydrogen-bond donors (Lipinski definition) is 1. The molecule has 0 unspecified atom stereocenters. The molecule has 0 saturated heterocycles. The maximum absolute atomic E-state index is 13.8. The third-order valence-corrected chi connectivity index (χ3v) is 2.43. The van der Waals surface area contributed by atoms with Crippen LogP contribution in [0.1, 0.15) is 10.4 Å². The molecular formula is C12H6F2N2O5. The molecule has 21 heavy (non-hydrogen) atoms. The molecule has 0 aliphatic carbocycles. The fraction of sp³-hybridized carbons (Fsp3) is 0. The van der Waals surface area contributed by atoms with Crippen LogP contribution in [-0.2, 0) is 0 Å². The first-order chi connectivity index (χ1) is 9.91. The molecule has 9 heteroatoms. The van der Waals surface area contributed by atoms with Crippen LogP contribution in [-0.4, -0.2) is 21.0 Å². The second-order valence-corrected chi connectivity index (χ2v) is 3.73. The molecule has 1 N–H and O–H groups in total. The molecule has 2 rings (SSSR count). The molecule has 2 aromatic rings. The Morgan fingerprint density at radius 2 is 2.05 bits per heavy atom. The number of halogens is 2. The summed E-state index contributed by atoms with van der Waals surface area (Å²) >= 11 is 0. The van der Waals surface area contributed by atoms with Gasteiger partial charge in [-0.2, -0.15) is 0 Å². The number of nitro groups is 1. The van der Waals surface area contributed by atoms with Crippen molar-refractivity contribution in [2.75, 3.05) is 0 Å². The lowest BCUT2D eigenvalue weighted by atomic mass is 10.2. The molecule has 0 amide bonds. The Kier molecular flexibility index (Phi) is 3.74. The van der Waals surface area contributed by atoms with Gasteiger partial charge >= 0.3 is 11.7 Å². The lowest BCUT2D eigenvalue weighted by Gasteiger charge is -2.08. The minimum atomic E-state index is -1.58. The Morgan fingerprint density at radius 3 is 2.67 bits per heavy atom. The van der Waals surface area contributed by atoms with Gasteiger partial charge in [0.2, 0.25) is 5.75 Å². The fourth-order valence-corrected chi connectivity index (χ4v) is 1.50. The summed E-state index contributed by atoms with van der Waals surface area (Å²) < 4.78 is 32.2. The van der Waals surface area contributed by atoms with Gasteiger partial charge in [-0.3, -0.25) is 10.1 Å². The van der Waals surface area contributed by atoms with Crippen molar-refractivity contribution in [2.45, 2.75) is 0 Å². The Morgan fingerprint density at radius 1 is 1.33 bits per heavy atom. The number of carbonyl (C=O) groups is 1. The van der Waals surface area contributed by atoms with Crippen molar-refractivity contribution in [2.24, 2.45) is 0 Å². The van der Waals surface area contributed by atoms with E-state index in [0.29, 0.717) is 0 Å². The summed E-state index contributed by atoms with van der Waals surface area (Å²) in [5.74, 6) is -5.77. The lowest BCUT2D eigenvalue weighted by molar-refractivity contribution is -0.385. The highest BCUT2D eigenvalue weighted by Crippen LogP contribution is 2.34. The first-order valence-corrected chi connectivity index (χ1v) is 5.40. The first-order valence-electron chi connectivity index (χ1n) is 5.40. The molecule has 0 bridgehead atoms. The lowest BCUT2D eigenvalue weighted by Crippen LogP contribution is -2.04. The number of nitro benzene ring substituents is 1. The summed E-state index contributed by atoms with van der Waals surface area (Å²) in [6, 6.07) is 3.79. The molecule has 0 radical (unpaired) electrons. The molecule has 0 aliphatic heterocycles. The van der Waals surface area contributed by atoms with Crippen molar-refractivity contribution in [3.8, 4) is 11.6 Å². The summed E-state index contributed by atoms with van der Waals surface area (Å²) in [5.41, 5.74) is -1.49. The molecule has 0 fully saturated rings. The minimum absolute atomic E-state index is 0.739. The van der Waals surface area contributed by atoms with E-state index >= 15 is 0 Å². The molecule has 1 heterocycles. The highest BCUT2D eigenvalue weighted by Gasteiger charge is 2.24. The van der Waals surface area contributed by atoms with E-state index in [2.05, 4.69) is 4.98 Å². The number of para-hydroxylation sites is 1. The number of pyridine rings is 1. The molecule has 108 valence electrons. The second kappa shape index (κ2) is 5.49. The Bertz CT molecular complexity index is 736. The Hall–Kier alpha value is -3.10. The van der Waals surface area contributed by atoms with E-state index in [1.807, 2.05) is 0 Å². The van der Waals surface area contributed by atoms with Crippen LogP contribution in [0.4, 0.5) is 14.5 Å². The molecule has 0 spiro atoms. The van der Waals surface area contributed by atoms with Crippen LogP contribution in [0.2, 0.25) is 0 Å². The number of carboxylic acids is 1. The van der Waals surface area contributed by atoms with E-state index in [-0.39, 0.29) is 0 Å². The van der Waals surface area contributed by atoms with Crippen LogP contribution in [0.3, 0.4) is 0 Å². The fourth-order valence-electron chi connectivity index (χ4n) is 1.50. The Balaban J connectivity index is 2.51. The van der Waals surface area contributed by atoms with E-state index in [4.69, 9.17) is 9.84 Å². The topological polar surface area (TPSA) is 103 Å².